The minimum Gasteiger partial charge on any atom is -0.444 e. The topological polar surface area (TPSA) is 206 Å². The van der Waals surface area contributed by atoms with Gasteiger partial charge in [-0.1, -0.05) is 66.7 Å². The van der Waals surface area contributed by atoms with Crippen LogP contribution < -0.4 is 21.3 Å². The second kappa shape index (κ2) is 22.3. The molecule has 0 aliphatic carbocycles. The Balaban J connectivity index is 1.37. The Labute approximate surface area is 387 Å². The highest BCUT2D eigenvalue weighted by molar-refractivity contribution is 6.01. The van der Waals surface area contributed by atoms with Crippen LogP contribution in [-0.4, -0.2) is 119 Å². The third-order valence-electron chi connectivity index (χ3n) is 10.4. The number of fused-ring (bicyclic) bond motifs is 1. The highest BCUT2D eigenvalue weighted by Crippen LogP contribution is 2.26. The van der Waals surface area contributed by atoms with E-state index in [4.69, 9.17) is 18.9 Å². The van der Waals surface area contributed by atoms with Gasteiger partial charge < -0.3 is 34.5 Å². The summed E-state index contributed by atoms with van der Waals surface area (Å²) in [6.07, 6.45) is -0.816. The first-order chi connectivity index (χ1) is 31.0. The van der Waals surface area contributed by atoms with Crippen LogP contribution >= 0.6 is 0 Å². The lowest BCUT2D eigenvalue weighted by Crippen LogP contribution is -2.59. The molecule has 3 aromatic carbocycles. The number of carbonyl (C=O) groups is 6. The molecule has 5 rings (SSSR count). The summed E-state index contributed by atoms with van der Waals surface area (Å²) in [7, 11) is 0. The SMILES string of the molecule is CC(C)(C)OC(=O)NC(=NCCNC(=O)[C@H]1C[C@@H](OCc2ccc3ccccc3c2)CN1C(=O)[C@@H](Cc1ccccc1)NC(=O)[C@@H]1CCCCN1C(=O)OC(C)(C)C)NC(=O)OC(C)(C)C. The zero-order valence-corrected chi connectivity index (χ0v) is 39.7. The molecule has 0 unspecified atom stereocenters. The van der Waals surface area contributed by atoms with Gasteiger partial charge in [-0.15, -0.1) is 0 Å². The van der Waals surface area contributed by atoms with E-state index in [2.05, 4.69) is 26.3 Å². The quantitative estimate of drug-likeness (QED) is 0.0684. The molecule has 2 aliphatic heterocycles. The first-order valence-corrected chi connectivity index (χ1v) is 22.6. The summed E-state index contributed by atoms with van der Waals surface area (Å²) in [5.74, 6) is -1.74. The van der Waals surface area contributed by atoms with Gasteiger partial charge in [0.05, 0.1) is 19.3 Å². The summed E-state index contributed by atoms with van der Waals surface area (Å²) in [4.78, 5) is 89.1. The second-order valence-corrected chi connectivity index (χ2v) is 19.6. The fraction of sp³-hybridized carbons (Fsp3) is 0.531. The normalized spacial score (nSPS) is 18.1. The Kier molecular flexibility index (Phi) is 17.2. The molecule has 6 amide bonds. The number of hydrogen-bond donors (Lipinski definition) is 4. The van der Waals surface area contributed by atoms with E-state index < -0.39 is 77.0 Å². The lowest BCUT2D eigenvalue weighted by atomic mass is 9.99. The lowest BCUT2D eigenvalue weighted by Gasteiger charge is -2.37. The van der Waals surface area contributed by atoms with Crippen molar-refractivity contribution in [1.29, 1.82) is 0 Å². The molecule has 0 bridgehead atoms. The monoisotopic (exact) mass is 913 g/mol. The van der Waals surface area contributed by atoms with Gasteiger partial charge in [0, 0.05) is 32.5 Å². The number of aliphatic imine (C=N–C) groups is 1. The van der Waals surface area contributed by atoms with E-state index in [9.17, 15) is 28.8 Å². The maximum Gasteiger partial charge on any atom is 0.414 e. The molecular weight excluding hydrogens is 847 g/mol. The van der Waals surface area contributed by atoms with E-state index in [-0.39, 0.29) is 45.0 Å². The number of alkyl carbamates (subject to hydrolysis) is 2. The molecule has 0 radical (unpaired) electrons. The number of hydrogen-bond acceptors (Lipinski definition) is 11. The Morgan fingerprint density at radius 3 is 1.95 bits per heavy atom. The number of benzene rings is 3. The van der Waals surface area contributed by atoms with E-state index in [0.29, 0.717) is 25.8 Å². The Morgan fingerprint density at radius 1 is 0.697 bits per heavy atom. The highest BCUT2D eigenvalue weighted by Gasteiger charge is 2.44. The van der Waals surface area contributed by atoms with Gasteiger partial charge in [0.2, 0.25) is 23.7 Å². The molecule has 2 fully saturated rings. The first-order valence-electron chi connectivity index (χ1n) is 22.6. The molecule has 2 heterocycles. The summed E-state index contributed by atoms with van der Waals surface area (Å²) in [6.45, 7) is 15.9. The van der Waals surface area contributed by atoms with Crippen LogP contribution in [0.25, 0.3) is 10.8 Å². The van der Waals surface area contributed by atoms with Crippen molar-refractivity contribution < 1.29 is 47.7 Å². The van der Waals surface area contributed by atoms with Crippen molar-refractivity contribution in [2.24, 2.45) is 4.99 Å². The zero-order chi connectivity index (χ0) is 48.2. The van der Waals surface area contributed by atoms with Gasteiger partial charge in [-0.3, -0.25) is 34.9 Å². The molecule has 66 heavy (non-hydrogen) atoms. The molecule has 4 N–H and O–H groups in total. The minimum atomic E-state index is -1.11. The van der Waals surface area contributed by atoms with Crippen molar-refractivity contribution in [1.82, 2.24) is 31.1 Å². The summed E-state index contributed by atoms with van der Waals surface area (Å²) in [5.41, 5.74) is -0.750. The number of likely N-dealkylation sites (tertiary alicyclic amines) is 2. The van der Waals surface area contributed by atoms with Gasteiger partial charge in [-0.2, -0.15) is 0 Å². The van der Waals surface area contributed by atoms with Crippen molar-refractivity contribution in [3.8, 4) is 0 Å². The van der Waals surface area contributed by atoms with E-state index in [1.54, 1.807) is 62.3 Å². The zero-order valence-electron chi connectivity index (χ0n) is 39.7. The van der Waals surface area contributed by atoms with Crippen molar-refractivity contribution in [2.75, 3.05) is 26.2 Å². The third kappa shape index (κ3) is 16.0. The van der Waals surface area contributed by atoms with Crippen LogP contribution in [0, 0.1) is 0 Å². The van der Waals surface area contributed by atoms with Gasteiger partial charge in [0.1, 0.15) is 34.9 Å². The molecular formula is C49H67N7O10. The first kappa shape index (κ1) is 50.8. The molecule has 0 saturated carbocycles. The van der Waals surface area contributed by atoms with Crippen LogP contribution in [-0.2, 0) is 46.4 Å². The summed E-state index contributed by atoms with van der Waals surface area (Å²) < 4.78 is 22.7. The lowest BCUT2D eigenvalue weighted by molar-refractivity contribution is -0.142. The molecule has 2 saturated heterocycles. The van der Waals surface area contributed by atoms with Crippen LogP contribution in [0.2, 0.25) is 0 Å². The predicted molar refractivity (Wildman–Crippen MR) is 249 cm³/mol. The largest absolute Gasteiger partial charge is 0.444 e. The van der Waals surface area contributed by atoms with Crippen LogP contribution in [0.4, 0.5) is 14.4 Å². The Morgan fingerprint density at radius 2 is 1.32 bits per heavy atom. The van der Waals surface area contributed by atoms with Crippen molar-refractivity contribution >= 4 is 52.7 Å². The van der Waals surface area contributed by atoms with Crippen LogP contribution in [0.1, 0.15) is 99.1 Å². The van der Waals surface area contributed by atoms with Crippen molar-refractivity contribution in [2.45, 2.75) is 142 Å². The van der Waals surface area contributed by atoms with Crippen LogP contribution in [0.3, 0.4) is 0 Å². The molecule has 3 aromatic rings. The molecule has 17 heteroatoms. The highest BCUT2D eigenvalue weighted by atomic mass is 16.6. The molecule has 4 atom stereocenters. The number of rotatable bonds is 12. The number of piperidine rings is 1. The van der Waals surface area contributed by atoms with E-state index >= 15 is 0 Å². The number of ether oxygens (including phenoxy) is 4. The summed E-state index contributed by atoms with van der Waals surface area (Å²) in [6, 6.07) is 20.3. The van der Waals surface area contributed by atoms with Crippen LogP contribution in [0.5, 0.6) is 0 Å². The van der Waals surface area contributed by atoms with Crippen molar-refractivity contribution in [3.63, 3.8) is 0 Å². The third-order valence-corrected chi connectivity index (χ3v) is 10.4. The standard InChI is InChI=1S/C49H67N7O10/c1-47(2,3)64-44(60)53-43(54-45(61)65-48(4,5)6)51-25-24-50-40(57)39-29-36(63-31-33-22-23-34-19-13-14-20-35(34)27-33)30-56(39)42(59)37(28-32-17-11-10-12-18-32)52-41(58)38-21-15-16-26-55(38)46(62)66-49(7,8)9/h10-14,17-20,22-23,27,36-39H,15-16,21,24-26,28-31H2,1-9H3,(H,50,57)(H,52,58)(H2,51,53,54,60,61)/t36-,37-,38+,39-/m1/s1. The Bertz CT molecular complexity index is 2180. The van der Waals surface area contributed by atoms with Gasteiger partial charge >= 0.3 is 18.3 Å². The number of carbonyl (C=O) groups excluding carboxylic acids is 6. The fourth-order valence-corrected chi connectivity index (χ4v) is 7.59. The summed E-state index contributed by atoms with van der Waals surface area (Å²) >= 11 is 0. The average molecular weight is 914 g/mol. The number of nitrogens with zero attached hydrogens (tertiary/aromatic N) is 3. The van der Waals surface area contributed by atoms with E-state index in [0.717, 1.165) is 21.9 Å². The Hall–Kier alpha value is -6.23. The maximum absolute atomic E-state index is 14.9. The van der Waals surface area contributed by atoms with Crippen LogP contribution in [0.15, 0.2) is 77.8 Å². The smallest absolute Gasteiger partial charge is 0.414 e. The van der Waals surface area contributed by atoms with Gasteiger partial charge in [-0.25, -0.2) is 14.4 Å². The number of guanidine groups is 1. The van der Waals surface area contributed by atoms with Gasteiger partial charge in [0.25, 0.3) is 0 Å². The van der Waals surface area contributed by atoms with Gasteiger partial charge in [-0.05, 0) is 110 Å². The minimum absolute atomic E-state index is 0.0537. The number of amides is 6. The van der Waals surface area contributed by atoms with Crippen molar-refractivity contribution in [3.05, 3.63) is 83.9 Å². The molecule has 17 nitrogen and oxygen atoms in total. The molecule has 0 spiro atoms. The predicted octanol–water partition coefficient (Wildman–Crippen LogP) is 6.36. The molecule has 0 aromatic heterocycles. The maximum atomic E-state index is 14.9. The molecule has 358 valence electrons. The second-order valence-electron chi connectivity index (χ2n) is 19.6. The van der Waals surface area contributed by atoms with E-state index in [1.165, 1.54) is 9.80 Å². The summed E-state index contributed by atoms with van der Waals surface area (Å²) in [5, 5.41) is 12.8. The van der Waals surface area contributed by atoms with E-state index in [1.807, 2.05) is 72.8 Å². The number of nitrogens with one attached hydrogen (secondary N) is 4. The fourth-order valence-electron chi connectivity index (χ4n) is 7.59. The van der Waals surface area contributed by atoms with Gasteiger partial charge in [0.15, 0.2) is 0 Å². The molecule has 2 aliphatic rings. The average Bonchev–Trinajstić information content (AvgIpc) is 3.66.